The van der Waals surface area contributed by atoms with Gasteiger partial charge in [-0.25, -0.2) is 9.78 Å². The summed E-state index contributed by atoms with van der Waals surface area (Å²) in [5.74, 6) is -0.0102. The molecule has 0 spiro atoms. The fraction of sp³-hybridized carbons (Fsp3) is 0.692. The maximum atomic E-state index is 11.3. The average molecular weight is 265 g/mol. The van der Waals surface area contributed by atoms with Crippen molar-refractivity contribution in [3.8, 4) is 0 Å². The second kappa shape index (κ2) is 4.61. The summed E-state index contributed by atoms with van der Waals surface area (Å²) in [5, 5.41) is 19.4. The summed E-state index contributed by atoms with van der Waals surface area (Å²) in [6, 6.07) is 0. The largest absolute Gasteiger partial charge is 0.476 e. The van der Waals surface area contributed by atoms with Gasteiger partial charge in [-0.05, 0) is 39.3 Å². The van der Waals surface area contributed by atoms with Gasteiger partial charge in [0.05, 0.1) is 5.69 Å². The van der Waals surface area contributed by atoms with E-state index in [1.54, 1.807) is 4.57 Å². The van der Waals surface area contributed by atoms with Crippen molar-refractivity contribution in [1.82, 2.24) is 14.5 Å². The lowest BCUT2D eigenvalue weighted by molar-refractivity contribution is 0.0674. The Morgan fingerprint density at radius 1 is 1.42 bits per heavy atom. The molecule has 2 N–H and O–H groups in total. The van der Waals surface area contributed by atoms with Gasteiger partial charge in [0.1, 0.15) is 12.1 Å². The molecule has 6 heteroatoms. The first-order valence-corrected chi connectivity index (χ1v) is 6.79. The first-order chi connectivity index (χ1) is 9.08. The molecule has 1 aromatic heterocycles. The third-order valence-electron chi connectivity index (χ3n) is 4.17. The fourth-order valence-corrected chi connectivity index (χ4v) is 3.24. The third-order valence-corrected chi connectivity index (χ3v) is 4.17. The van der Waals surface area contributed by atoms with Gasteiger partial charge < -0.3 is 19.7 Å². The lowest BCUT2D eigenvalue weighted by Gasteiger charge is -2.24. The number of hydrogen-bond acceptors (Lipinski definition) is 4. The molecule has 0 aromatic carbocycles. The second-order valence-corrected chi connectivity index (χ2v) is 5.56. The molecule has 19 heavy (non-hydrogen) atoms. The van der Waals surface area contributed by atoms with E-state index in [-0.39, 0.29) is 11.6 Å². The summed E-state index contributed by atoms with van der Waals surface area (Å²) in [7, 11) is 2.05. The monoisotopic (exact) mass is 265 g/mol. The molecular weight excluding hydrogens is 246 g/mol. The van der Waals surface area contributed by atoms with E-state index in [1.165, 1.54) is 0 Å². The first-order valence-electron chi connectivity index (χ1n) is 6.79. The summed E-state index contributed by atoms with van der Waals surface area (Å²) >= 11 is 0. The SMILES string of the molecule is CN1CCC(c2nc(C(=O)O)c3n2C(O)CCC3)C1. The van der Waals surface area contributed by atoms with Gasteiger partial charge >= 0.3 is 5.97 Å². The Kier molecular flexibility index (Phi) is 3.06. The highest BCUT2D eigenvalue weighted by molar-refractivity contribution is 5.87. The molecule has 3 heterocycles. The van der Waals surface area contributed by atoms with E-state index >= 15 is 0 Å². The van der Waals surface area contributed by atoms with Gasteiger partial charge in [-0.15, -0.1) is 0 Å². The van der Waals surface area contributed by atoms with E-state index in [2.05, 4.69) is 16.9 Å². The van der Waals surface area contributed by atoms with Crippen LogP contribution in [0.3, 0.4) is 0 Å². The number of likely N-dealkylation sites (tertiary alicyclic amines) is 1. The second-order valence-electron chi connectivity index (χ2n) is 5.56. The lowest BCUT2D eigenvalue weighted by Crippen LogP contribution is -2.22. The van der Waals surface area contributed by atoms with Crippen LogP contribution in [0, 0.1) is 0 Å². The van der Waals surface area contributed by atoms with Crippen LogP contribution in [-0.2, 0) is 6.42 Å². The fourth-order valence-electron chi connectivity index (χ4n) is 3.24. The molecule has 0 saturated carbocycles. The average Bonchev–Trinajstić information content (AvgIpc) is 2.93. The number of aliphatic hydroxyl groups is 1. The Morgan fingerprint density at radius 2 is 2.21 bits per heavy atom. The number of carbonyl (C=O) groups is 1. The van der Waals surface area contributed by atoms with Crippen LogP contribution in [0.5, 0.6) is 0 Å². The van der Waals surface area contributed by atoms with Crippen molar-refractivity contribution in [2.75, 3.05) is 20.1 Å². The van der Waals surface area contributed by atoms with E-state index < -0.39 is 12.2 Å². The van der Waals surface area contributed by atoms with Crippen molar-refractivity contribution in [3.05, 3.63) is 17.2 Å². The molecule has 2 aliphatic heterocycles. The Bertz CT molecular complexity index is 511. The smallest absolute Gasteiger partial charge is 0.356 e. The van der Waals surface area contributed by atoms with Gasteiger partial charge in [0.15, 0.2) is 5.69 Å². The molecule has 0 bridgehead atoms. The number of fused-ring (bicyclic) bond motifs is 1. The topological polar surface area (TPSA) is 78.6 Å². The summed E-state index contributed by atoms with van der Waals surface area (Å²) in [5.41, 5.74) is 0.819. The highest BCUT2D eigenvalue weighted by Crippen LogP contribution is 2.33. The van der Waals surface area contributed by atoms with E-state index in [0.717, 1.165) is 31.8 Å². The number of aromatic nitrogens is 2. The Balaban J connectivity index is 2.06. The van der Waals surface area contributed by atoms with Crippen molar-refractivity contribution in [1.29, 1.82) is 0 Å². The van der Waals surface area contributed by atoms with Gasteiger partial charge in [-0.1, -0.05) is 0 Å². The highest BCUT2D eigenvalue weighted by atomic mass is 16.4. The summed E-state index contributed by atoms with van der Waals surface area (Å²) in [6.45, 7) is 1.87. The van der Waals surface area contributed by atoms with E-state index in [0.29, 0.717) is 18.5 Å². The molecular formula is C13H19N3O3. The van der Waals surface area contributed by atoms with Crippen LogP contribution in [0.2, 0.25) is 0 Å². The Hall–Kier alpha value is -1.40. The number of aromatic carboxylic acids is 1. The van der Waals surface area contributed by atoms with Gasteiger partial charge in [0, 0.05) is 12.5 Å². The lowest BCUT2D eigenvalue weighted by atomic mass is 10.0. The van der Waals surface area contributed by atoms with E-state index in [4.69, 9.17) is 0 Å². The van der Waals surface area contributed by atoms with Crippen molar-refractivity contribution in [3.63, 3.8) is 0 Å². The van der Waals surface area contributed by atoms with Gasteiger partial charge in [-0.3, -0.25) is 0 Å². The normalized spacial score (nSPS) is 27.5. The predicted octanol–water partition coefficient (Wildman–Crippen LogP) is 0.828. The van der Waals surface area contributed by atoms with Crippen molar-refractivity contribution < 1.29 is 15.0 Å². The molecule has 2 atom stereocenters. The molecule has 3 rings (SSSR count). The van der Waals surface area contributed by atoms with Gasteiger partial charge in [0.2, 0.25) is 0 Å². The number of carboxylic acid groups (broad SMARTS) is 1. The third kappa shape index (κ3) is 2.04. The summed E-state index contributed by atoms with van der Waals surface area (Å²) < 4.78 is 1.77. The molecule has 1 saturated heterocycles. The number of imidazole rings is 1. The van der Waals surface area contributed by atoms with Crippen LogP contribution in [0.4, 0.5) is 0 Å². The molecule has 2 unspecified atom stereocenters. The van der Waals surface area contributed by atoms with Crippen LogP contribution in [0.1, 0.15) is 53.4 Å². The van der Waals surface area contributed by atoms with Crippen LogP contribution in [-0.4, -0.2) is 50.8 Å². The first kappa shape index (κ1) is 12.6. The number of hydrogen-bond donors (Lipinski definition) is 2. The molecule has 104 valence electrons. The molecule has 0 amide bonds. The molecule has 0 aliphatic carbocycles. The molecule has 1 aromatic rings. The van der Waals surface area contributed by atoms with E-state index in [9.17, 15) is 15.0 Å². The summed E-state index contributed by atoms with van der Waals surface area (Å²) in [6.07, 6.45) is 2.53. The number of likely N-dealkylation sites (N-methyl/N-ethyl adjacent to an activating group) is 1. The van der Waals surface area contributed by atoms with Crippen LogP contribution < -0.4 is 0 Å². The highest BCUT2D eigenvalue weighted by Gasteiger charge is 2.33. The zero-order valence-corrected chi connectivity index (χ0v) is 11.0. The molecule has 1 fully saturated rings. The number of aliphatic hydroxyl groups excluding tert-OH is 1. The minimum Gasteiger partial charge on any atom is -0.476 e. The maximum Gasteiger partial charge on any atom is 0.356 e. The van der Waals surface area contributed by atoms with Crippen LogP contribution in [0.15, 0.2) is 0 Å². The number of rotatable bonds is 2. The zero-order chi connectivity index (χ0) is 13.6. The van der Waals surface area contributed by atoms with Crippen molar-refractivity contribution in [2.24, 2.45) is 0 Å². The van der Waals surface area contributed by atoms with Crippen LogP contribution in [0.25, 0.3) is 0 Å². The van der Waals surface area contributed by atoms with Gasteiger partial charge in [-0.2, -0.15) is 0 Å². The van der Waals surface area contributed by atoms with Crippen molar-refractivity contribution >= 4 is 5.97 Å². The predicted molar refractivity (Wildman–Crippen MR) is 68.2 cm³/mol. The van der Waals surface area contributed by atoms with E-state index in [1.807, 2.05) is 0 Å². The van der Waals surface area contributed by atoms with Crippen molar-refractivity contribution in [2.45, 2.75) is 37.8 Å². The molecule has 2 aliphatic rings. The minimum absolute atomic E-state index is 0.128. The zero-order valence-electron chi connectivity index (χ0n) is 11.0. The molecule has 0 radical (unpaired) electrons. The minimum atomic E-state index is -0.990. The standard InChI is InChI=1S/C13H19N3O3/c1-15-6-5-8(7-15)12-14-11(13(18)19)9-3-2-4-10(17)16(9)12/h8,10,17H,2-7H2,1H3,(H,18,19). The Morgan fingerprint density at radius 3 is 2.84 bits per heavy atom. The van der Waals surface area contributed by atoms with Crippen LogP contribution >= 0.6 is 0 Å². The van der Waals surface area contributed by atoms with Gasteiger partial charge in [0.25, 0.3) is 0 Å². The maximum absolute atomic E-state index is 11.3. The Labute approximate surface area is 111 Å². The number of carboxylic acids is 1. The quantitative estimate of drug-likeness (QED) is 0.828. The molecule has 6 nitrogen and oxygen atoms in total. The summed E-state index contributed by atoms with van der Waals surface area (Å²) in [4.78, 5) is 17.8. The number of nitrogens with zero attached hydrogens (tertiary/aromatic N) is 3.